The number of halogens is 2. The van der Waals surface area contributed by atoms with Gasteiger partial charge in [0.2, 0.25) is 0 Å². The molecule has 116 valence electrons. The predicted molar refractivity (Wildman–Crippen MR) is 79.9 cm³/mol. The number of carbonyl (C=O) groups is 1. The molecule has 2 N–H and O–H groups in total. The van der Waals surface area contributed by atoms with Gasteiger partial charge in [0, 0.05) is 49.7 Å². The molecule has 1 fully saturated rings. The minimum atomic E-state index is -2.44. The van der Waals surface area contributed by atoms with E-state index in [0.717, 1.165) is 32.7 Å². The molecule has 0 aromatic heterocycles. The van der Waals surface area contributed by atoms with Crippen molar-refractivity contribution in [2.24, 2.45) is 0 Å². The van der Waals surface area contributed by atoms with Crippen LogP contribution in [0.5, 0.6) is 0 Å². The van der Waals surface area contributed by atoms with Crippen molar-refractivity contribution in [2.75, 3.05) is 39.3 Å². The molecule has 0 bridgehead atoms. The highest BCUT2D eigenvalue weighted by Gasteiger charge is 2.11. The van der Waals surface area contributed by atoms with Gasteiger partial charge in [-0.2, -0.15) is 8.78 Å². The predicted octanol–water partition coefficient (Wildman–Crippen LogP) is 1.64. The van der Waals surface area contributed by atoms with Crippen LogP contribution in [0, 0.1) is 0 Å². The lowest BCUT2D eigenvalue weighted by atomic mass is 10.2. The fourth-order valence-corrected chi connectivity index (χ4v) is 2.65. The van der Waals surface area contributed by atoms with Gasteiger partial charge in [-0.3, -0.25) is 9.69 Å². The van der Waals surface area contributed by atoms with Crippen LogP contribution >= 0.6 is 11.8 Å². The summed E-state index contributed by atoms with van der Waals surface area (Å²) < 4.78 is 24.4. The van der Waals surface area contributed by atoms with Gasteiger partial charge in [-0.15, -0.1) is 0 Å². The zero-order chi connectivity index (χ0) is 15.1. The fourth-order valence-electron chi connectivity index (χ4n) is 2.15. The first-order valence-corrected chi connectivity index (χ1v) is 7.79. The zero-order valence-electron chi connectivity index (χ0n) is 11.6. The average molecular weight is 315 g/mol. The second kappa shape index (κ2) is 8.31. The van der Waals surface area contributed by atoms with Crippen molar-refractivity contribution in [3.63, 3.8) is 0 Å². The van der Waals surface area contributed by atoms with Gasteiger partial charge >= 0.3 is 0 Å². The molecule has 0 aliphatic carbocycles. The molecule has 2 rings (SSSR count). The summed E-state index contributed by atoms with van der Waals surface area (Å²) in [5.74, 6) is -2.61. The summed E-state index contributed by atoms with van der Waals surface area (Å²) in [5, 5.41) is 6.12. The number of nitrogens with one attached hydrogen (secondary N) is 2. The number of hydrogen-bond donors (Lipinski definition) is 2. The molecule has 21 heavy (non-hydrogen) atoms. The van der Waals surface area contributed by atoms with E-state index in [-0.39, 0.29) is 5.91 Å². The summed E-state index contributed by atoms with van der Waals surface area (Å²) in [6.45, 7) is 5.37. The molecular formula is C14H19F2N3OS. The molecule has 1 aromatic carbocycles. The Labute approximate surface area is 127 Å². The number of benzene rings is 1. The van der Waals surface area contributed by atoms with Crippen molar-refractivity contribution in [3.05, 3.63) is 29.8 Å². The summed E-state index contributed by atoms with van der Waals surface area (Å²) >= 11 is 0.478. The average Bonchev–Trinajstić information content (AvgIpc) is 2.48. The molecule has 1 saturated heterocycles. The third kappa shape index (κ3) is 5.61. The van der Waals surface area contributed by atoms with Crippen LogP contribution in [0.25, 0.3) is 0 Å². The van der Waals surface area contributed by atoms with Crippen molar-refractivity contribution < 1.29 is 13.6 Å². The van der Waals surface area contributed by atoms with Crippen molar-refractivity contribution in [1.29, 1.82) is 0 Å². The molecule has 1 aromatic rings. The van der Waals surface area contributed by atoms with E-state index in [4.69, 9.17) is 0 Å². The van der Waals surface area contributed by atoms with Crippen LogP contribution in [-0.2, 0) is 0 Å². The maximum Gasteiger partial charge on any atom is 0.288 e. The largest absolute Gasteiger partial charge is 0.351 e. The minimum absolute atomic E-state index is 0.168. The molecule has 7 heteroatoms. The van der Waals surface area contributed by atoms with E-state index in [0.29, 0.717) is 28.8 Å². The number of amides is 1. The lowest BCUT2D eigenvalue weighted by Crippen LogP contribution is -2.46. The minimum Gasteiger partial charge on any atom is -0.351 e. The number of thioether (sulfide) groups is 1. The van der Waals surface area contributed by atoms with Gasteiger partial charge in [0.25, 0.3) is 11.7 Å². The van der Waals surface area contributed by atoms with Crippen LogP contribution in [0.4, 0.5) is 8.78 Å². The van der Waals surface area contributed by atoms with Crippen LogP contribution < -0.4 is 10.6 Å². The van der Waals surface area contributed by atoms with Gasteiger partial charge in [-0.1, -0.05) is 11.8 Å². The van der Waals surface area contributed by atoms with E-state index in [2.05, 4.69) is 15.5 Å². The topological polar surface area (TPSA) is 44.4 Å². The number of nitrogens with zero attached hydrogens (tertiary/aromatic N) is 1. The van der Waals surface area contributed by atoms with Crippen molar-refractivity contribution in [3.8, 4) is 0 Å². The Morgan fingerprint density at radius 3 is 2.57 bits per heavy atom. The van der Waals surface area contributed by atoms with Crippen LogP contribution in [0.3, 0.4) is 0 Å². The third-order valence-electron chi connectivity index (χ3n) is 3.26. The van der Waals surface area contributed by atoms with Crippen molar-refractivity contribution in [2.45, 2.75) is 10.7 Å². The van der Waals surface area contributed by atoms with E-state index >= 15 is 0 Å². The van der Waals surface area contributed by atoms with Crippen molar-refractivity contribution in [1.82, 2.24) is 15.5 Å². The second-order valence-corrected chi connectivity index (χ2v) is 5.81. The highest BCUT2D eigenvalue weighted by atomic mass is 32.2. The molecule has 1 amide bonds. The second-order valence-electron chi connectivity index (χ2n) is 4.75. The first-order chi connectivity index (χ1) is 10.1. The fraction of sp³-hybridized carbons (Fsp3) is 0.500. The molecule has 4 nitrogen and oxygen atoms in total. The quantitative estimate of drug-likeness (QED) is 0.783. The van der Waals surface area contributed by atoms with Crippen molar-refractivity contribution >= 4 is 17.7 Å². The normalized spacial score (nSPS) is 16.1. The van der Waals surface area contributed by atoms with E-state index in [1.54, 1.807) is 24.3 Å². The number of alkyl halides is 2. The SMILES string of the molecule is O=C(NCCN1CCNCC1)c1ccc(SC(F)F)cc1. The van der Waals surface area contributed by atoms with Crippen LogP contribution in [0.1, 0.15) is 10.4 Å². The summed E-state index contributed by atoms with van der Waals surface area (Å²) in [4.78, 5) is 14.7. The van der Waals surface area contributed by atoms with Gasteiger partial charge in [-0.25, -0.2) is 0 Å². The van der Waals surface area contributed by atoms with E-state index in [9.17, 15) is 13.6 Å². The van der Waals surface area contributed by atoms with Crippen LogP contribution in [0.15, 0.2) is 29.2 Å². The lowest BCUT2D eigenvalue weighted by molar-refractivity contribution is 0.0947. The Bertz CT molecular complexity index is 450. The van der Waals surface area contributed by atoms with Gasteiger partial charge < -0.3 is 10.6 Å². The number of carbonyl (C=O) groups excluding carboxylic acids is 1. The molecular weight excluding hydrogens is 296 g/mol. The maximum absolute atomic E-state index is 12.2. The van der Waals surface area contributed by atoms with Gasteiger partial charge in [0.15, 0.2) is 0 Å². The van der Waals surface area contributed by atoms with Gasteiger partial charge in [0.05, 0.1) is 0 Å². The summed E-state index contributed by atoms with van der Waals surface area (Å²) in [7, 11) is 0. The molecule has 0 atom stereocenters. The van der Waals surface area contributed by atoms with E-state index < -0.39 is 5.76 Å². The molecule has 1 aliphatic rings. The maximum atomic E-state index is 12.2. The van der Waals surface area contributed by atoms with Crippen LogP contribution in [-0.4, -0.2) is 55.8 Å². The molecule has 0 spiro atoms. The monoisotopic (exact) mass is 315 g/mol. The van der Waals surface area contributed by atoms with Gasteiger partial charge in [0.1, 0.15) is 0 Å². The highest BCUT2D eigenvalue weighted by molar-refractivity contribution is 7.99. The first kappa shape index (κ1) is 16.2. The summed E-state index contributed by atoms with van der Waals surface area (Å²) in [5.41, 5.74) is 0.494. The molecule has 1 aliphatic heterocycles. The first-order valence-electron chi connectivity index (χ1n) is 6.91. The van der Waals surface area contributed by atoms with Gasteiger partial charge in [-0.05, 0) is 24.3 Å². The Balaban J connectivity index is 1.74. The molecule has 0 saturated carbocycles. The molecule has 0 unspecified atom stereocenters. The molecule has 1 heterocycles. The smallest absolute Gasteiger partial charge is 0.288 e. The highest BCUT2D eigenvalue weighted by Crippen LogP contribution is 2.25. The number of rotatable bonds is 6. The van der Waals surface area contributed by atoms with E-state index in [1.165, 1.54) is 0 Å². The third-order valence-corrected chi connectivity index (χ3v) is 3.99. The molecule has 0 radical (unpaired) electrons. The number of piperazine rings is 1. The number of hydrogen-bond acceptors (Lipinski definition) is 4. The summed E-state index contributed by atoms with van der Waals surface area (Å²) in [6.07, 6.45) is 0. The van der Waals surface area contributed by atoms with E-state index in [1.807, 2.05) is 0 Å². The lowest BCUT2D eigenvalue weighted by Gasteiger charge is -2.27. The van der Waals surface area contributed by atoms with Crippen LogP contribution in [0.2, 0.25) is 0 Å². The zero-order valence-corrected chi connectivity index (χ0v) is 12.5. The summed E-state index contributed by atoms with van der Waals surface area (Å²) in [6, 6.07) is 6.24. The standard InChI is InChI=1S/C14H19F2N3OS/c15-14(16)21-12-3-1-11(2-4-12)13(20)18-7-10-19-8-5-17-6-9-19/h1-4,14,17H,5-10H2,(H,18,20). The Morgan fingerprint density at radius 1 is 1.29 bits per heavy atom. The Kier molecular flexibility index (Phi) is 6.41. The Hall–Kier alpha value is -1.18. The Morgan fingerprint density at radius 2 is 1.95 bits per heavy atom.